The number of aromatic nitrogens is 2. The first kappa shape index (κ1) is 26.5. The number of carbonyl (C=O) groups excluding carboxylic acids is 1. The number of H-pyrrole nitrogens is 1. The number of fused-ring (bicyclic) bond motifs is 2. The molecule has 8 nitrogen and oxygen atoms in total. The highest BCUT2D eigenvalue weighted by molar-refractivity contribution is 5.87. The molecule has 2 aromatic heterocycles. The molecule has 3 heterocycles. The lowest BCUT2D eigenvalue weighted by Gasteiger charge is -2.43. The second-order valence-electron chi connectivity index (χ2n) is 12.9. The first-order chi connectivity index (χ1) is 20.0. The van der Waals surface area contributed by atoms with Crippen molar-refractivity contribution in [2.45, 2.75) is 88.3 Å². The summed E-state index contributed by atoms with van der Waals surface area (Å²) in [6.07, 6.45) is 18.8. The molecular formula is C33H40N4O4. The second-order valence-corrected chi connectivity index (χ2v) is 12.9. The van der Waals surface area contributed by atoms with Crippen molar-refractivity contribution in [2.75, 3.05) is 0 Å². The Hall–Kier alpha value is -3.39. The summed E-state index contributed by atoms with van der Waals surface area (Å²) < 4.78 is 5.50. The first-order valence-electron chi connectivity index (χ1n) is 15.5. The van der Waals surface area contributed by atoms with E-state index in [0.29, 0.717) is 23.9 Å². The van der Waals surface area contributed by atoms with Gasteiger partial charge in [0.15, 0.2) is 0 Å². The molecule has 1 aliphatic heterocycles. The van der Waals surface area contributed by atoms with Gasteiger partial charge in [-0.1, -0.05) is 38.2 Å². The highest BCUT2D eigenvalue weighted by Crippen LogP contribution is 2.52. The van der Waals surface area contributed by atoms with E-state index in [1.807, 2.05) is 24.5 Å². The van der Waals surface area contributed by atoms with Crippen LogP contribution >= 0.6 is 0 Å². The summed E-state index contributed by atoms with van der Waals surface area (Å²) in [5.41, 5.74) is 3.26. The molecule has 41 heavy (non-hydrogen) atoms. The average Bonchev–Trinajstić information content (AvgIpc) is 3.72. The topological polar surface area (TPSA) is 120 Å². The Morgan fingerprint density at radius 1 is 1.07 bits per heavy atom. The van der Waals surface area contributed by atoms with Crippen molar-refractivity contribution in [3.05, 3.63) is 59.8 Å². The number of imidazole rings is 1. The van der Waals surface area contributed by atoms with Crippen molar-refractivity contribution < 1.29 is 19.1 Å². The Morgan fingerprint density at radius 2 is 1.93 bits per heavy atom. The van der Waals surface area contributed by atoms with Crippen LogP contribution in [-0.2, 0) is 15.1 Å². The lowest BCUT2D eigenvalue weighted by molar-refractivity contribution is -0.131. The third kappa shape index (κ3) is 5.00. The zero-order chi connectivity index (χ0) is 28.0. The van der Waals surface area contributed by atoms with E-state index in [-0.39, 0.29) is 11.8 Å². The summed E-state index contributed by atoms with van der Waals surface area (Å²) in [4.78, 5) is 33.0. The molecule has 5 atom stereocenters. The molecule has 0 radical (unpaired) electrons. The van der Waals surface area contributed by atoms with E-state index in [4.69, 9.17) is 14.5 Å². The van der Waals surface area contributed by atoms with Crippen molar-refractivity contribution in [2.24, 2.45) is 23.7 Å². The van der Waals surface area contributed by atoms with Gasteiger partial charge in [0.2, 0.25) is 5.91 Å². The van der Waals surface area contributed by atoms with Gasteiger partial charge in [-0.05, 0) is 86.1 Å². The molecule has 3 aliphatic carbocycles. The number of amides is 1. The SMILES string of the molecule is O=C(O)/C=C/c1ccc2nc(C3(NC(=O)C4CCC5C(C4)NC(c4ccoc4)C5C4CCCCC4)CCC3)[nH]c2c1. The van der Waals surface area contributed by atoms with Crippen molar-refractivity contribution in [3.8, 4) is 0 Å². The van der Waals surface area contributed by atoms with Crippen LogP contribution in [0.15, 0.2) is 47.3 Å². The molecular weight excluding hydrogens is 516 g/mol. The molecule has 1 aromatic carbocycles. The van der Waals surface area contributed by atoms with Gasteiger partial charge in [0, 0.05) is 29.6 Å². The van der Waals surface area contributed by atoms with Crippen LogP contribution in [0.2, 0.25) is 0 Å². The van der Waals surface area contributed by atoms with Crippen LogP contribution < -0.4 is 10.6 Å². The molecule has 216 valence electrons. The van der Waals surface area contributed by atoms with Gasteiger partial charge in [0.1, 0.15) is 5.82 Å². The van der Waals surface area contributed by atoms with Crippen molar-refractivity contribution in [1.29, 1.82) is 0 Å². The Labute approximate surface area is 240 Å². The average molecular weight is 557 g/mol. The van der Waals surface area contributed by atoms with Gasteiger partial charge < -0.3 is 25.1 Å². The maximum absolute atomic E-state index is 13.8. The molecule has 1 saturated heterocycles. The standard InChI is InChI=1S/C33H40N4O4/c38-28(39)12-8-20-7-11-25-27(17-20)36-32(35-25)33(14-4-15-33)37-31(40)22-9-10-24-26(18-22)34-30(23-13-16-41-19-23)29(24)21-5-2-1-3-6-21/h7-8,11-13,16-17,19,21-22,24,26,29-30,34H,1-6,9-10,14-15,18H2,(H,35,36)(H,37,40)(H,38,39)/b12-8+. The van der Waals surface area contributed by atoms with Crippen molar-refractivity contribution >= 4 is 29.0 Å². The van der Waals surface area contributed by atoms with Crippen LogP contribution in [0.4, 0.5) is 0 Å². The molecule has 7 rings (SSSR count). The highest BCUT2D eigenvalue weighted by Gasteiger charge is 2.51. The van der Waals surface area contributed by atoms with Gasteiger partial charge in [-0.25, -0.2) is 9.78 Å². The monoisotopic (exact) mass is 556 g/mol. The lowest BCUT2D eigenvalue weighted by atomic mass is 9.66. The van der Waals surface area contributed by atoms with Crippen LogP contribution in [0.25, 0.3) is 17.1 Å². The molecule has 5 unspecified atom stereocenters. The van der Waals surface area contributed by atoms with Crippen LogP contribution in [0.3, 0.4) is 0 Å². The smallest absolute Gasteiger partial charge is 0.328 e. The van der Waals surface area contributed by atoms with E-state index < -0.39 is 11.5 Å². The molecule has 4 N–H and O–H groups in total. The van der Waals surface area contributed by atoms with Crippen LogP contribution in [0.5, 0.6) is 0 Å². The molecule has 0 spiro atoms. The molecule has 4 fully saturated rings. The van der Waals surface area contributed by atoms with E-state index in [1.54, 1.807) is 12.3 Å². The van der Waals surface area contributed by atoms with Crippen LogP contribution in [0.1, 0.15) is 93.6 Å². The summed E-state index contributed by atoms with van der Waals surface area (Å²) in [5, 5.41) is 16.4. The van der Waals surface area contributed by atoms with Crippen LogP contribution in [-0.4, -0.2) is 33.0 Å². The van der Waals surface area contributed by atoms with E-state index in [9.17, 15) is 9.59 Å². The lowest BCUT2D eigenvalue weighted by Crippen LogP contribution is -2.54. The number of rotatable bonds is 7. The maximum atomic E-state index is 13.8. The number of nitrogens with zero attached hydrogens (tertiary/aromatic N) is 1. The summed E-state index contributed by atoms with van der Waals surface area (Å²) in [6.45, 7) is 0. The Kier molecular flexibility index (Phi) is 6.97. The zero-order valence-corrected chi connectivity index (χ0v) is 23.5. The van der Waals surface area contributed by atoms with Gasteiger partial charge >= 0.3 is 5.97 Å². The summed E-state index contributed by atoms with van der Waals surface area (Å²) in [7, 11) is 0. The fraction of sp³-hybridized carbons (Fsp3) is 0.545. The maximum Gasteiger partial charge on any atom is 0.328 e. The number of carboxylic acids is 1. The van der Waals surface area contributed by atoms with E-state index in [2.05, 4.69) is 21.7 Å². The Balaban J connectivity index is 1.07. The summed E-state index contributed by atoms with van der Waals surface area (Å²) >= 11 is 0. The van der Waals surface area contributed by atoms with Gasteiger partial charge in [-0.3, -0.25) is 4.79 Å². The molecule has 3 saturated carbocycles. The number of nitrogens with one attached hydrogen (secondary N) is 3. The largest absolute Gasteiger partial charge is 0.478 e. The quantitative estimate of drug-likeness (QED) is 0.262. The number of carboxylic acid groups (broad SMARTS) is 1. The minimum absolute atomic E-state index is 0.00605. The number of furan rings is 1. The van der Waals surface area contributed by atoms with Gasteiger partial charge in [-0.15, -0.1) is 0 Å². The first-order valence-corrected chi connectivity index (χ1v) is 15.5. The van der Waals surface area contributed by atoms with Crippen molar-refractivity contribution in [1.82, 2.24) is 20.6 Å². The minimum atomic E-state index is -0.977. The highest BCUT2D eigenvalue weighted by atomic mass is 16.4. The van der Waals surface area contributed by atoms with E-state index in [1.165, 1.54) is 37.7 Å². The summed E-state index contributed by atoms with van der Waals surface area (Å²) in [5.74, 6) is 1.95. The number of carbonyl (C=O) groups is 2. The Morgan fingerprint density at radius 3 is 2.66 bits per heavy atom. The number of hydrogen-bond acceptors (Lipinski definition) is 5. The van der Waals surface area contributed by atoms with E-state index >= 15 is 0 Å². The molecule has 1 amide bonds. The normalized spacial score (nSPS) is 29.8. The van der Waals surface area contributed by atoms with Crippen molar-refractivity contribution in [3.63, 3.8) is 0 Å². The fourth-order valence-electron chi connectivity index (χ4n) is 8.40. The third-order valence-electron chi connectivity index (χ3n) is 10.6. The predicted octanol–water partition coefficient (Wildman–Crippen LogP) is 6.08. The molecule has 0 bridgehead atoms. The van der Waals surface area contributed by atoms with Gasteiger partial charge in [-0.2, -0.15) is 0 Å². The fourth-order valence-corrected chi connectivity index (χ4v) is 8.40. The zero-order valence-electron chi connectivity index (χ0n) is 23.5. The molecule has 3 aromatic rings. The number of aromatic amines is 1. The number of benzene rings is 1. The predicted molar refractivity (Wildman–Crippen MR) is 156 cm³/mol. The van der Waals surface area contributed by atoms with Gasteiger partial charge in [0.05, 0.1) is 29.1 Å². The summed E-state index contributed by atoms with van der Waals surface area (Å²) in [6, 6.07) is 8.46. The van der Waals surface area contributed by atoms with E-state index in [0.717, 1.165) is 72.9 Å². The third-order valence-corrected chi connectivity index (χ3v) is 10.6. The molecule has 4 aliphatic rings. The molecule has 8 heteroatoms. The number of aliphatic carboxylic acids is 1. The minimum Gasteiger partial charge on any atom is -0.478 e. The number of hydrogen-bond donors (Lipinski definition) is 4. The Bertz CT molecular complexity index is 1430. The second kappa shape index (κ2) is 10.8. The van der Waals surface area contributed by atoms with Gasteiger partial charge in [0.25, 0.3) is 0 Å². The van der Waals surface area contributed by atoms with Crippen LogP contribution in [0, 0.1) is 23.7 Å².